The second-order valence-corrected chi connectivity index (χ2v) is 5.11. The molecule has 0 unspecified atom stereocenters. The summed E-state index contributed by atoms with van der Waals surface area (Å²) < 4.78 is 15.3. The third-order valence-corrected chi connectivity index (χ3v) is 3.74. The Labute approximate surface area is 116 Å². The molecular formula is C14H16ClFN2O. The van der Waals surface area contributed by atoms with Gasteiger partial charge < -0.3 is 5.11 Å². The van der Waals surface area contributed by atoms with Crippen LogP contribution in [-0.4, -0.2) is 14.9 Å². The van der Waals surface area contributed by atoms with Gasteiger partial charge in [-0.3, -0.25) is 0 Å². The normalized spacial score (nSPS) is 12.8. The molecule has 0 bridgehead atoms. The number of hydrogen-bond acceptors (Lipinski definition) is 2. The lowest BCUT2D eigenvalue weighted by atomic mass is 10.0. The standard InChI is InChI=1S/C14H16ClFN2O/c1-7-5-13(11(10(4)19)6-12(7)16)18-9(3)14(15)8(2)17-18/h5-6,10,19H,1-4H3/t10-/m1/s1. The number of hydrogen-bond donors (Lipinski definition) is 1. The van der Waals surface area contributed by atoms with Crippen LogP contribution in [0.5, 0.6) is 0 Å². The number of nitrogens with zero attached hydrogens (tertiary/aromatic N) is 2. The SMILES string of the molecule is Cc1cc(-n2nc(C)c(Cl)c2C)c([C@@H](C)O)cc1F. The smallest absolute Gasteiger partial charge is 0.126 e. The van der Waals surface area contributed by atoms with Crippen LogP contribution in [0.4, 0.5) is 4.39 Å². The number of rotatable bonds is 2. The van der Waals surface area contributed by atoms with Crippen molar-refractivity contribution < 1.29 is 9.50 Å². The van der Waals surface area contributed by atoms with Crippen molar-refractivity contribution in [2.75, 3.05) is 0 Å². The Morgan fingerprint density at radius 2 is 1.95 bits per heavy atom. The van der Waals surface area contributed by atoms with Crippen molar-refractivity contribution in [1.29, 1.82) is 0 Å². The summed E-state index contributed by atoms with van der Waals surface area (Å²) in [5.41, 5.74) is 3.12. The van der Waals surface area contributed by atoms with Crippen molar-refractivity contribution in [3.05, 3.63) is 45.5 Å². The van der Waals surface area contributed by atoms with Gasteiger partial charge in [0.2, 0.25) is 0 Å². The van der Waals surface area contributed by atoms with E-state index in [9.17, 15) is 9.50 Å². The summed E-state index contributed by atoms with van der Waals surface area (Å²) in [5, 5.41) is 14.7. The van der Waals surface area contributed by atoms with Gasteiger partial charge in [-0.25, -0.2) is 9.07 Å². The molecule has 0 saturated carbocycles. The number of aliphatic hydroxyl groups is 1. The van der Waals surface area contributed by atoms with E-state index in [1.165, 1.54) is 6.07 Å². The minimum Gasteiger partial charge on any atom is -0.389 e. The van der Waals surface area contributed by atoms with Gasteiger partial charge in [0.1, 0.15) is 5.82 Å². The van der Waals surface area contributed by atoms with Crippen molar-refractivity contribution in [3.63, 3.8) is 0 Å². The Kier molecular flexibility index (Phi) is 3.65. The fourth-order valence-electron chi connectivity index (χ4n) is 2.06. The minimum atomic E-state index is -0.784. The molecule has 1 aromatic heterocycles. The molecule has 0 radical (unpaired) electrons. The molecule has 102 valence electrons. The van der Waals surface area contributed by atoms with Gasteiger partial charge in [0, 0.05) is 5.56 Å². The number of aromatic nitrogens is 2. The predicted octanol–water partition coefficient (Wildman–Crippen LogP) is 3.64. The second kappa shape index (κ2) is 4.94. The van der Waals surface area contributed by atoms with Gasteiger partial charge in [-0.1, -0.05) is 11.6 Å². The van der Waals surface area contributed by atoms with Crippen LogP contribution in [0, 0.1) is 26.6 Å². The summed E-state index contributed by atoms with van der Waals surface area (Å²) in [6.45, 7) is 6.93. The number of aliphatic hydroxyl groups excluding tert-OH is 1. The monoisotopic (exact) mass is 282 g/mol. The summed E-state index contributed by atoms with van der Waals surface area (Å²) in [5.74, 6) is -0.340. The Bertz CT molecular complexity index is 635. The summed E-state index contributed by atoms with van der Waals surface area (Å²) in [6, 6.07) is 3.02. The second-order valence-electron chi connectivity index (χ2n) is 4.73. The topological polar surface area (TPSA) is 38.0 Å². The zero-order valence-corrected chi connectivity index (χ0v) is 12.1. The quantitative estimate of drug-likeness (QED) is 0.913. The van der Waals surface area contributed by atoms with E-state index in [2.05, 4.69) is 5.10 Å². The molecule has 0 fully saturated rings. The highest BCUT2D eigenvalue weighted by Gasteiger charge is 2.17. The number of benzene rings is 1. The minimum absolute atomic E-state index is 0.340. The van der Waals surface area contributed by atoms with Gasteiger partial charge in [0.15, 0.2) is 0 Å². The first-order valence-electron chi connectivity index (χ1n) is 6.03. The molecule has 0 amide bonds. The van der Waals surface area contributed by atoms with Crippen molar-refractivity contribution in [3.8, 4) is 5.69 Å². The van der Waals surface area contributed by atoms with Crippen LogP contribution in [0.1, 0.15) is 35.5 Å². The molecule has 1 atom stereocenters. The van der Waals surface area contributed by atoms with Gasteiger partial charge >= 0.3 is 0 Å². The lowest BCUT2D eigenvalue weighted by Crippen LogP contribution is -2.07. The fourth-order valence-corrected chi connectivity index (χ4v) is 2.18. The molecule has 3 nitrogen and oxygen atoms in total. The van der Waals surface area contributed by atoms with Gasteiger partial charge in [0.25, 0.3) is 0 Å². The maximum absolute atomic E-state index is 13.7. The largest absolute Gasteiger partial charge is 0.389 e. The Balaban J connectivity index is 2.73. The molecule has 2 rings (SSSR count). The van der Waals surface area contributed by atoms with Crippen LogP contribution in [0.25, 0.3) is 5.69 Å². The molecule has 5 heteroatoms. The molecule has 0 aliphatic carbocycles. The van der Waals surface area contributed by atoms with E-state index < -0.39 is 6.10 Å². The van der Waals surface area contributed by atoms with E-state index in [1.54, 1.807) is 24.6 Å². The Morgan fingerprint density at radius 1 is 1.32 bits per heavy atom. The molecule has 1 heterocycles. The van der Waals surface area contributed by atoms with Crippen molar-refractivity contribution >= 4 is 11.6 Å². The van der Waals surface area contributed by atoms with Crippen molar-refractivity contribution in [2.45, 2.75) is 33.8 Å². The van der Waals surface area contributed by atoms with Crippen LogP contribution < -0.4 is 0 Å². The van der Waals surface area contributed by atoms with Gasteiger partial charge in [-0.05, 0) is 45.4 Å². The molecule has 0 saturated heterocycles. The van der Waals surface area contributed by atoms with Crippen LogP contribution >= 0.6 is 11.6 Å². The van der Waals surface area contributed by atoms with Crippen LogP contribution in [0.15, 0.2) is 12.1 Å². The first-order valence-corrected chi connectivity index (χ1v) is 6.41. The first kappa shape index (κ1) is 14.0. The lowest BCUT2D eigenvalue weighted by molar-refractivity contribution is 0.198. The third-order valence-electron chi connectivity index (χ3n) is 3.19. The summed E-state index contributed by atoms with van der Waals surface area (Å²) in [6.07, 6.45) is -0.784. The van der Waals surface area contributed by atoms with Gasteiger partial charge in [-0.15, -0.1) is 0 Å². The highest BCUT2D eigenvalue weighted by Crippen LogP contribution is 2.28. The summed E-state index contributed by atoms with van der Waals surface area (Å²) >= 11 is 6.13. The molecular weight excluding hydrogens is 267 g/mol. The highest BCUT2D eigenvalue weighted by molar-refractivity contribution is 6.31. The average Bonchev–Trinajstić information content (AvgIpc) is 2.59. The van der Waals surface area contributed by atoms with Crippen LogP contribution in [0.3, 0.4) is 0 Å². The molecule has 19 heavy (non-hydrogen) atoms. The Hall–Kier alpha value is -1.39. The van der Waals surface area contributed by atoms with E-state index in [-0.39, 0.29) is 5.82 Å². The van der Waals surface area contributed by atoms with E-state index in [0.29, 0.717) is 27.5 Å². The summed E-state index contributed by atoms with van der Waals surface area (Å²) in [7, 11) is 0. The summed E-state index contributed by atoms with van der Waals surface area (Å²) in [4.78, 5) is 0. The average molecular weight is 283 g/mol. The van der Waals surface area contributed by atoms with Crippen molar-refractivity contribution in [1.82, 2.24) is 9.78 Å². The molecule has 0 aliphatic heterocycles. The van der Waals surface area contributed by atoms with E-state index in [0.717, 1.165) is 5.69 Å². The predicted molar refractivity (Wildman–Crippen MR) is 73.4 cm³/mol. The number of halogens is 2. The van der Waals surface area contributed by atoms with Crippen LogP contribution in [-0.2, 0) is 0 Å². The molecule has 1 aromatic carbocycles. The van der Waals surface area contributed by atoms with Gasteiger partial charge in [0.05, 0.1) is 28.2 Å². The molecule has 0 aliphatic rings. The zero-order valence-electron chi connectivity index (χ0n) is 11.3. The first-order chi connectivity index (χ1) is 8.82. The maximum atomic E-state index is 13.7. The zero-order chi connectivity index (χ0) is 14.3. The van der Waals surface area contributed by atoms with E-state index >= 15 is 0 Å². The highest BCUT2D eigenvalue weighted by atomic mass is 35.5. The fraction of sp³-hybridized carbons (Fsp3) is 0.357. The molecule has 2 aromatic rings. The molecule has 0 spiro atoms. The van der Waals surface area contributed by atoms with Gasteiger partial charge in [-0.2, -0.15) is 5.10 Å². The van der Waals surface area contributed by atoms with Crippen molar-refractivity contribution in [2.24, 2.45) is 0 Å². The molecule has 1 N–H and O–H groups in total. The van der Waals surface area contributed by atoms with Crippen LogP contribution in [0.2, 0.25) is 5.02 Å². The lowest BCUT2D eigenvalue weighted by Gasteiger charge is -2.15. The maximum Gasteiger partial charge on any atom is 0.126 e. The third kappa shape index (κ3) is 2.38. The van der Waals surface area contributed by atoms with E-state index in [4.69, 9.17) is 11.6 Å². The number of aryl methyl sites for hydroxylation is 2. The van der Waals surface area contributed by atoms with E-state index in [1.807, 2.05) is 13.8 Å². The Morgan fingerprint density at radius 3 is 2.42 bits per heavy atom.